The smallest absolute Gasteiger partial charge is 0.129 e. The quantitative estimate of drug-likeness (QED) is 0.717. The standard InChI is InChI=1S/C20H25FN2O/c21-20-13-16(14-22-23-18-7-3-1-4-8-18)11-12-17(20)15-24-19-9-5-2-6-10-19/h1,3-4,7-8,11-13,19,22-23H,2,5-6,9-10,14-15H2. The normalized spacial score (nSPS) is 15.4. The molecule has 2 aromatic rings. The Morgan fingerprint density at radius 2 is 1.79 bits per heavy atom. The van der Waals surface area contributed by atoms with Crippen LogP contribution in [0.2, 0.25) is 0 Å². The van der Waals surface area contributed by atoms with E-state index in [1.807, 2.05) is 42.5 Å². The minimum atomic E-state index is -0.190. The lowest BCUT2D eigenvalue weighted by Crippen LogP contribution is -2.21. The molecule has 0 heterocycles. The van der Waals surface area contributed by atoms with Gasteiger partial charge in [0.05, 0.1) is 12.7 Å². The maximum absolute atomic E-state index is 14.2. The Labute approximate surface area is 143 Å². The molecule has 0 saturated heterocycles. The molecule has 3 rings (SSSR count). The van der Waals surface area contributed by atoms with Crippen molar-refractivity contribution < 1.29 is 9.13 Å². The molecule has 24 heavy (non-hydrogen) atoms. The van der Waals surface area contributed by atoms with Crippen molar-refractivity contribution in [2.24, 2.45) is 0 Å². The zero-order valence-electron chi connectivity index (χ0n) is 13.9. The lowest BCUT2D eigenvalue weighted by molar-refractivity contribution is 0.0156. The number of hydrogen-bond acceptors (Lipinski definition) is 3. The van der Waals surface area contributed by atoms with Crippen LogP contribution in [0.15, 0.2) is 48.5 Å². The molecule has 2 N–H and O–H groups in total. The minimum absolute atomic E-state index is 0.190. The van der Waals surface area contributed by atoms with Crippen molar-refractivity contribution in [1.82, 2.24) is 5.43 Å². The Bertz CT molecular complexity index is 627. The van der Waals surface area contributed by atoms with E-state index in [0.29, 0.717) is 24.8 Å². The summed E-state index contributed by atoms with van der Waals surface area (Å²) in [5.74, 6) is -0.190. The van der Waals surface area contributed by atoms with Gasteiger partial charge in [-0.15, -0.1) is 0 Å². The van der Waals surface area contributed by atoms with Crippen LogP contribution >= 0.6 is 0 Å². The lowest BCUT2D eigenvalue weighted by atomic mass is 9.98. The van der Waals surface area contributed by atoms with Gasteiger partial charge in [-0.05, 0) is 36.6 Å². The molecule has 4 heteroatoms. The van der Waals surface area contributed by atoms with Gasteiger partial charge < -0.3 is 10.2 Å². The molecule has 0 bridgehead atoms. The summed E-state index contributed by atoms with van der Waals surface area (Å²) in [5, 5.41) is 0. The molecule has 3 nitrogen and oxygen atoms in total. The Morgan fingerprint density at radius 3 is 2.54 bits per heavy atom. The molecule has 0 spiro atoms. The van der Waals surface area contributed by atoms with Crippen LogP contribution in [0.1, 0.15) is 43.2 Å². The summed E-state index contributed by atoms with van der Waals surface area (Å²) in [6.45, 7) is 0.919. The number of para-hydroxylation sites is 1. The van der Waals surface area contributed by atoms with E-state index in [2.05, 4.69) is 10.9 Å². The second-order valence-corrected chi connectivity index (χ2v) is 6.34. The SMILES string of the molecule is Fc1cc(CNNc2ccccc2)ccc1COC1CCCCC1. The van der Waals surface area contributed by atoms with Gasteiger partial charge in [0.15, 0.2) is 0 Å². The molecule has 0 aliphatic heterocycles. The zero-order valence-corrected chi connectivity index (χ0v) is 13.9. The molecule has 1 aliphatic rings. The van der Waals surface area contributed by atoms with E-state index in [1.165, 1.54) is 19.3 Å². The highest BCUT2D eigenvalue weighted by atomic mass is 19.1. The molecule has 128 valence electrons. The number of hydrazine groups is 1. The predicted octanol–water partition coefficient (Wildman–Crippen LogP) is 4.79. The van der Waals surface area contributed by atoms with Crippen LogP contribution < -0.4 is 10.9 Å². The van der Waals surface area contributed by atoms with Crippen molar-refractivity contribution in [3.05, 3.63) is 65.5 Å². The first-order valence-electron chi connectivity index (χ1n) is 8.74. The summed E-state index contributed by atoms with van der Waals surface area (Å²) in [7, 11) is 0. The van der Waals surface area contributed by atoms with Crippen LogP contribution in [0, 0.1) is 5.82 Å². The Morgan fingerprint density at radius 1 is 1.00 bits per heavy atom. The number of rotatable bonds is 7. The first-order valence-corrected chi connectivity index (χ1v) is 8.74. The second kappa shape index (κ2) is 8.81. The summed E-state index contributed by atoms with van der Waals surface area (Å²) in [6.07, 6.45) is 6.27. The van der Waals surface area contributed by atoms with Crippen LogP contribution in [0.3, 0.4) is 0 Å². The van der Waals surface area contributed by atoms with Crippen molar-refractivity contribution in [2.45, 2.75) is 51.4 Å². The summed E-state index contributed by atoms with van der Waals surface area (Å²) in [6, 6.07) is 15.2. The van der Waals surface area contributed by atoms with E-state index in [-0.39, 0.29) is 5.82 Å². The monoisotopic (exact) mass is 328 g/mol. The number of anilines is 1. The van der Waals surface area contributed by atoms with Crippen molar-refractivity contribution in [3.63, 3.8) is 0 Å². The summed E-state index contributed by atoms with van der Waals surface area (Å²) in [5.41, 5.74) is 8.72. The van der Waals surface area contributed by atoms with Crippen LogP contribution in [0.5, 0.6) is 0 Å². The molecule has 0 aromatic heterocycles. The molecular formula is C20H25FN2O. The topological polar surface area (TPSA) is 33.3 Å². The second-order valence-electron chi connectivity index (χ2n) is 6.34. The van der Waals surface area contributed by atoms with Crippen LogP contribution in [0.4, 0.5) is 10.1 Å². The van der Waals surface area contributed by atoms with Gasteiger partial charge in [-0.1, -0.05) is 49.6 Å². The number of hydrogen-bond donors (Lipinski definition) is 2. The maximum atomic E-state index is 14.2. The highest BCUT2D eigenvalue weighted by molar-refractivity contribution is 5.41. The summed E-state index contributed by atoms with van der Waals surface area (Å²) >= 11 is 0. The first-order chi connectivity index (χ1) is 11.8. The van der Waals surface area contributed by atoms with Crippen LogP contribution in [0.25, 0.3) is 0 Å². The van der Waals surface area contributed by atoms with Gasteiger partial charge >= 0.3 is 0 Å². The molecule has 0 radical (unpaired) electrons. The van der Waals surface area contributed by atoms with E-state index < -0.39 is 0 Å². The average Bonchev–Trinajstić information content (AvgIpc) is 2.63. The fraction of sp³-hybridized carbons (Fsp3) is 0.400. The average molecular weight is 328 g/mol. The fourth-order valence-electron chi connectivity index (χ4n) is 3.03. The van der Waals surface area contributed by atoms with E-state index >= 15 is 0 Å². The first kappa shape index (κ1) is 16.9. The van der Waals surface area contributed by atoms with E-state index in [4.69, 9.17) is 4.74 Å². The van der Waals surface area contributed by atoms with E-state index in [9.17, 15) is 4.39 Å². The third-order valence-corrected chi connectivity index (χ3v) is 4.44. The molecule has 2 aromatic carbocycles. The van der Waals surface area contributed by atoms with Crippen LogP contribution in [-0.4, -0.2) is 6.10 Å². The lowest BCUT2D eigenvalue weighted by Gasteiger charge is -2.22. The fourth-order valence-corrected chi connectivity index (χ4v) is 3.03. The van der Waals surface area contributed by atoms with Gasteiger partial charge in [0, 0.05) is 17.8 Å². The number of halogens is 1. The Balaban J connectivity index is 1.46. The maximum Gasteiger partial charge on any atom is 0.129 e. The third-order valence-electron chi connectivity index (χ3n) is 4.44. The van der Waals surface area contributed by atoms with Gasteiger partial charge in [0.25, 0.3) is 0 Å². The number of ether oxygens (including phenoxy) is 1. The number of benzene rings is 2. The summed E-state index contributed by atoms with van der Waals surface area (Å²) < 4.78 is 20.1. The molecule has 1 aliphatic carbocycles. The number of nitrogens with one attached hydrogen (secondary N) is 2. The molecule has 0 unspecified atom stereocenters. The third kappa shape index (κ3) is 5.05. The van der Waals surface area contributed by atoms with Crippen molar-refractivity contribution >= 4 is 5.69 Å². The molecular weight excluding hydrogens is 303 g/mol. The highest BCUT2D eigenvalue weighted by Gasteiger charge is 2.14. The van der Waals surface area contributed by atoms with Gasteiger partial charge in [-0.3, -0.25) is 0 Å². The van der Waals surface area contributed by atoms with Crippen LogP contribution in [-0.2, 0) is 17.9 Å². The summed E-state index contributed by atoms with van der Waals surface area (Å²) in [4.78, 5) is 0. The Hall–Kier alpha value is -1.91. The predicted molar refractivity (Wildman–Crippen MR) is 95.0 cm³/mol. The van der Waals surface area contributed by atoms with Gasteiger partial charge in [0.2, 0.25) is 0 Å². The largest absolute Gasteiger partial charge is 0.373 e. The van der Waals surface area contributed by atoms with E-state index in [1.54, 1.807) is 6.07 Å². The minimum Gasteiger partial charge on any atom is -0.373 e. The molecule has 0 amide bonds. The van der Waals surface area contributed by atoms with E-state index in [0.717, 1.165) is 24.1 Å². The van der Waals surface area contributed by atoms with Gasteiger partial charge in [0.1, 0.15) is 5.82 Å². The van der Waals surface area contributed by atoms with Crippen molar-refractivity contribution in [1.29, 1.82) is 0 Å². The Kier molecular flexibility index (Phi) is 6.21. The van der Waals surface area contributed by atoms with Gasteiger partial charge in [-0.2, -0.15) is 0 Å². The van der Waals surface area contributed by atoms with Crippen molar-refractivity contribution in [3.8, 4) is 0 Å². The molecule has 0 atom stereocenters. The zero-order chi connectivity index (χ0) is 16.6. The van der Waals surface area contributed by atoms with Gasteiger partial charge in [-0.25, -0.2) is 9.82 Å². The molecule has 1 fully saturated rings. The highest BCUT2D eigenvalue weighted by Crippen LogP contribution is 2.22. The van der Waals surface area contributed by atoms with Crippen molar-refractivity contribution in [2.75, 3.05) is 5.43 Å². The molecule has 1 saturated carbocycles.